The number of pyridine rings is 1. The Morgan fingerprint density at radius 3 is 2.68 bits per heavy atom. The average molecular weight is 389 g/mol. The highest BCUT2D eigenvalue weighted by molar-refractivity contribution is 7.99. The molecule has 25 heavy (non-hydrogen) atoms. The average Bonchev–Trinajstić information content (AvgIpc) is 2.54. The van der Waals surface area contributed by atoms with Crippen LogP contribution in [0.25, 0.3) is 0 Å². The van der Waals surface area contributed by atoms with Crippen molar-refractivity contribution >= 4 is 34.7 Å². The SMILES string of the molecule is CCCSCC1(C(F)(F)F)c2cc(Cl)ccc2Nc2c1cc[nH]c2=O. The van der Waals surface area contributed by atoms with Crippen LogP contribution < -0.4 is 10.9 Å². The first kappa shape index (κ1) is 18.2. The highest BCUT2D eigenvalue weighted by Gasteiger charge is 2.60. The first-order chi connectivity index (χ1) is 11.8. The van der Waals surface area contributed by atoms with Crippen molar-refractivity contribution < 1.29 is 13.2 Å². The van der Waals surface area contributed by atoms with Gasteiger partial charge in [0.05, 0.1) is 0 Å². The van der Waals surface area contributed by atoms with Crippen molar-refractivity contribution in [3.05, 3.63) is 57.0 Å². The maximum atomic E-state index is 14.4. The molecule has 0 fully saturated rings. The van der Waals surface area contributed by atoms with Gasteiger partial charge in [-0.05, 0) is 42.0 Å². The van der Waals surface area contributed by atoms with Gasteiger partial charge in [-0.25, -0.2) is 0 Å². The van der Waals surface area contributed by atoms with Crippen LogP contribution in [0.3, 0.4) is 0 Å². The van der Waals surface area contributed by atoms with E-state index in [2.05, 4.69) is 10.3 Å². The van der Waals surface area contributed by atoms with Crippen molar-refractivity contribution in [3.8, 4) is 0 Å². The van der Waals surface area contributed by atoms with Gasteiger partial charge in [-0.2, -0.15) is 24.9 Å². The van der Waals surface area contributed by atoms with Crippen molar-refractivity contribution in [2.45, 2.75) is 24.9 Å². The van der Waals surface area contributed by atoms with Gasteiger partial charge in [0.15, 0.2) is 0 Å². The molecule has 0 saturated heterocycles. The topological polar surface area (TPSA) is 44.9 Å². The quantitative estimate of drug-likeness (QED) is 0.718. The molecule has 1 atom stereocenters. The lowest BCUT2D eigenvalue weighted by Gasteiger charge is -2.41. The summed E-state index contributed by atoms with van der Waals surface area (Å²) in [5.41, 5.74) is -2.69. The van der Waals surface area contributed by atoms with Crippen LogP contribution in [0.1, 0.15) is 24.5 Å². The van der Waals surface area contributed by atoms with E-state index in [1.807, 2.05) is 6.92 Å². The van der Waals surface area contributed by atoms with Crippen LogP contribution in [0.2, 0.25) is 5.02 Å². The number of hydrogen-bond acceptors (Lipinski definition) is 3. The smallest absolute Gasteiger partial charge is 0.351 e. The summed E-state index contributed by atoms with van der Waals surface area (Å²) in [5.74, 6) is 0.384. The summed E-state index contributed by atoms with van der Waals surface area (Å²) >= 11 is 7.23. The summed E-state index contributed by atoms with van der Waals surface area (Å²) < 4.78 is 43.3. The van der Waals surface area contributed by atoms with E-state index in [4.69, 9.17) is 11.6 Å². The summed E-state index contributed by atoms with van der Waals surface area (Å²) in [6.45, 7) is 1.92. The van der Waals surface area contributed by atoms with Crippen LogP contribution in [0.15, 0.2) is 35.3 Å². The van der Waals surface area contributed by atoms with Gasteiger partial charge in [-0.1, -0.05) is 18.5 Å². The third-order valence-corrected chi connectivity index (χ3v) is 5.84. The van der Waals surface area contributed by atoms with Gasteiger partial charge < -0.3 is 10.3 Å². The third-order valence-electron chi connectivity index (χ3n) is 4.27. The molecule has 3 rings (SSSR count). The van der Waals surface area contributed by atoms with Gasteiger partial charge in [0.1, 0.15) is 11.1 Å². The molecule has 1 unspecified atom stereocenters. The Hall–Kier alpha value is -1.60. The summed E-state index contributed by atoms with van der Waals surface area (Å²) in [6, 6.07) is 5.66. The van der Waals surface area contributed by atoms with Crippen LogP contribution in [-0.2, 0) is 5.41 Å². The predicted octanol–water partition coefficient (Wildman–Crippen LogP) is 5.08. The number of nitrogens with one attached hydrogen (secondary N) is 2. The zero-order chi connectivity index (χ0) is 18.2. The fraction of sp³-hybridized carbons (Fsp3) is 0.353. The molecule has 0 spiro atoms. The van der Waals surface area contributed by atoms with Gasteiger partial charge in [-0.3, -0.25) is 4.79 Å². The molecule has 0 saturated carbocycles. The maximum Gasteiger partial charge on any atom is 0.403 e. The fourth-order valence-electron chi connectivity index (χ4n) is 3.13. The van der Waals surface area contributed by atoms with Crippen molar-refractivity contribution in [3.63, 3.8) is 0 Å². The number of fused-ring (bicyclic) bond motifs is 2. The second-order valence-corrected chi connectivity index (χ2v) is 7.41. The maximum absolute atomic E-state index is 14.4. The van der Waals surface area contributed by atoms with Crippen molar-refractivity contribution in [1.29, 1.82) is 0 Å². The van der Waals surface area contributed by atoms with E-state index >= 15 is 0 Å². The Labute approximate surface area is 152 Å². The van der Waals surface area contributed by atoms with E-state index in [-0.39, 0.29) is 33.3 Å². The Morgan fingerprint density at radius 1 is 1.24 bits per heavy atom. The minimum Gasteiger partial charge on any atom is -0.351 e. The minimum absolute atomic E-state index is 0.0502. The number of aromatic nitrogens is 1. The number of anilines is 2. The lowest BCUT2D eigenvalue weighted by Crippen LogP contribution is -2.49. The van der Waals surface area contributed by atoms with E-state index in [0.29, 0.717) is 5.75 Å². The van der Waals surface area contributed by atoms with E-state index in [1.54, 1.807) is 0 Å². The van der Waals surface area contributed by atoms with E-state index < -0.39 is 17.2 Å². The molecule has 1 aliphatic rings. The number of benzene rings is 1. The Bertz CT molecular complexity index is 853. The Morgan fingerprint density at radius 2 is 2.00 bits per heavy atom. The molecule has 0 amide bonds. The summed E-state index contributed by atoms with van der Waals surface area (Å²) in [6.07, 6.45) is -2.57. The van der Waals surface area contributed by atoms with E-state index in [0.717, 1.165) is 6.42 Å². The van der Waals surface area contributed by atoms with Crippen molar-refractivity contribution in [1.82, 2.24) is 4.98 Å². The number of H-pyrrole nitrogens is 1. The van der Waals surface area contributed by atoms with Crippen molar-refractivity contribution in [2.24, 2.45) is 0 Å². The Kier molecular flexibility index (Phi) is 4.81. The van der Waals surface area contributed by atoms with Gasteiger partial charge in [0.25, 0.3) is 5.56 Å². The molecule has 0 aliphatic carbocycles. The van der Waals surface area contributed by atoms with Crippen LogP contribution in [0, 0.1) is 0 Å². The third kappa shape index (κ3) is 2.93. The van der Waals surface area contributed by atoms with Gasteiger partial charge in [0, 0.05) is 28.2 Å². The molecule has 8 heteroatoms. The summed E-state index contributed by atoms with van der Waals surface area (Å²) in [4.78, 5) is 14.6. The Balaban J connectivity index is 2.33. The first-order valence-electron chi connectivity index (χ1n) is 7.75. The predicted molar refractivity (Wildman–Crippen MR) is 96.2 cm³/mol. The number of thioether (sulfide) groups is 1. The largest absolute Gasteiger partial charge is 0.403 e. The number of halogens is 4. The first-order valence-corrected chi connectivity index (χ1v) is 9.28. The molecule has 1 aliphatic heterocycles. The standard InChI is InChI=1S/C17H16ClF3N2OS/c1-2-7-25-9-16(17(19,20)21)11-5-6-22-15(24)14(11)23-13-4-3-10(18)8-12(13)16/h3-6,8,23H,2,7,9H2,1H3,(H,22,24). The normalized spacial score (nSPS) is 19.1. The van der Waals surface area contributed by atoms with Crippen LogP contribution >= 0.6 is 23.4 Å². The fourth-order valence-corrected chi connectivity index (χ4v) is 4.51. The molecule has 1 aromatic heterocycles. The number of hydrogen-bond donors (Lipinski definition) is 2. The number of rotatable bonds is 4. The van der Waals surface area contributed by atoms with Crippen LogP contribution in [-0.4, -0.2) is 22.7 Å². The molecule has 134 valence electrons. The van der Waals surface area contributed by atoms with Gasteiger partial charge in [-0.15, -0.1) is 0 Å². The van der Waals surface area contributed by atoms with Crippen LogP contribution in [0.5, 0.6) is 0 Å². The molecule has 3 nitrogen and oxygen atoms in total. The monoisotopic (exact) mass is 388 g/mol. The molecule has 0 radical (unpaired) electrons. The summed E-state index contributed by atoms with van der Waals surface area (Å²) in [7, 11) is 0. The zero-order valence-electron chi connectivity index (χ0n) is 13.3. The minimum atomic E-state index is -4.59. The lowest BCUT2D eigenvalue weighted by atomic mass is 9.72. The van der Waals surface area contributed by atoms with Gasteiger partial charge >= 0.3 is 6.18 Å². The highest BCUT2D eigenvalue weighted by Crippen LogP contribution is 2.55. The highest BCUT2D eigenvalue weighted by atomic mass is 35.5. The van der Waals surface area contributed by atoms with E-state index in [1.165, 1.54) is 42.2 Å². The van der Waals surface area contributed by atoms with Crippen molar-refractivity contribution in [2.75, 3.05) is 16.8 Å². The number of alkyl halides is 3. The molecule has 2 aromatic rings. The molecule has 2 heterocycles. The lowest BCUT2D eigenvalue weighted by molar-refractivity contribution is -0.171. The van der Waals surface area contributed by atoms with Gasteiger partial charge in [0.2, 0.25) is 0 Å². The zero-order valence-corrected chi connectivity index (χ0v) is 14.9. The van der Waals surface area contributed by atoms with E-state index in [9.17, 15) is 18.0 Å². The van der Waals surface area contributed by atoms with Crippen LogP contribution in [0.4, 0.5) is 24.5 Å². The second-order valence-electron chi connectivity index (χ2n) is 5.87. The molecular weight excluding hydrogens is 373 g/mol. The summed E-state index contributed by atoms with van der Waals surface area (Å²) in [5, 5.41) is 3.07. The molecule has 1 aromatic carbocycles. The molecular formula is C17H16ClF3N2OS. The molecule has 0 bridgehead atoms. The molecule has 2 N–H and O–H groups in total. The second kappa shape index (κ2) is 6.61. The number of aromatic amines is 1.